The van der Waals surface area contributed by atoms with Crippen molar-refractivity contribution in [2.45, 2.75) is 6.42 Å². The van der Waals surface area contributed by atoms with Crippen molar-refractivity contribution in [1.82, 2.24) is 14.9 Å². The Kier molecular flexibility index (Phi) is 5.85. The topological polar surface area (TPSA) is 70.2 Å². The van der Waals surface area contributed by atoms with Crippen molar-refractivity contribution in [3.63, 3.8) is 0 Å². The van der Waals surface area contributed by atoms with E-state index in [9.17, 15) is 4.79 Å². The lowest BCUT2D eigenvalue weighted by atomic mass is 10.3. The third kappa shape index (κ3) is 5.14. The summed E-state index contributed by atoms with van der Waals surface area (Å²) >= 11 is 0. The quantitative estimate of drug-likeness (QED) is 0.766. The first-order chi connectivity index (χ1) is 10.6. The summed E-state index contributed by atoms with van der Waals surface area (Å²) in [6.07, 6.45) is 4.06. The normalized spacial score (nSPS) is 10.5. The number of nitrogens with zero attached hydrogens (tertiary/aromatic N) is 3. The Hall–Kier alpha value is -2.47. The van der Waals surface area contributed by atoms with E-state index in [-0.39, 0.29) is 5.91 Å². The third-order valence-corrected chi connectivity index (χ3v) is 3.01. The molecule has 0 saturated heterocycles. The summed E-state index contributed by atoms with van der Waals surface area (Å²) in [4.78, 5) is 22.5. The van der Waals surface area contributed by atoms with E-state index in [1.165, 1.54) is 12.4 Å². The highest BCUT2D eigenvalue weighted by Gasteiger charge is 2.07. The van der Waals surface area contributed by atoms with E-state index < -0.39 is 0 Å². The van der Waals surface area contributed by atoms with E-state index in [1.54, 1.807) is 0 Å². The van der Waals surface area contributed by atoms with Gasteiger partial charge >= 0.3 is 0 Å². The number of rotatable bonds is 7. The Morgan fingerprint density at radius 2 is 1.82 bits per heavy atom. The Labute approximate surface area is 130 Å². The van der Waals surface area contributed by atoms with Gasteiger partial charge in [-0.15, -0.1) is 0 Å². The fraction of sp³-hybridized carbons (Fsp3) is 0.312. The van der Waals surface area contributed by atoms with Crippen LogP contribution in [0.1, 0.15) is 16.8 Å². The molecule has 0 bridgehead atoms. The number of amides is 1. The lowest BCUT2D eigenvalue weighted by molar-refractivity contribution is 0.102. The van der Waals surface area contributed by atoms with Crippen LogP contribution >= 0.6 is 0 Å². The van der Waals surface area contributed by atoms with Gasteiger partial charge in [-0.3, -0.25) is 4.79 Å². The molecule has 0 aliphatic rings. The predicted octanol–water partition coefficient (Wildman–Crippen LogP) is 2.09. The molecule has 0 aliphatic carbocycles. The summed E-state index contributed by atoms with van der Waals surface area (Å²) in [5.41, 5.74) is 1.18. The molecule has 1 aromatic heterocycles. The van der Waals surface area contributed by atoms with Crippen molar-refractivity contribution >= 4 is 17.5 Å². The van der Waals surface area contributed by atoms with Crippen LogP contribution in [0.4, 0.5) is 11.6 Å². The second-order valence-corrected chi connectivity index (χ2v) is 5.20. The predicted molar refractivity (Wildman–Crippen MR) is 88.1 cm³/mol. The van der Waals surface area contributed by atoms with E-state index in [2.05, 4.69) is 25.5 Å². The molecule has 0 radical (unpaired) electrons. The Morgan fingerprint density at radius 3 is 2.45 bits per heavy atom. The molecule has 6 nitrogen and oxygen atoms in total. The SMILES string of the molecule is CN(C)CCCNc1ncc(C(=O)Nc2ccccc2)cn1. The minimum atomic E-state index is -0.217. The van der Waals surface area contributed by atoms with Crippen molar-refractivity contribution in [3.8, 4) is 0 Å². The molecule has 116 valence electrons. The minimum absolute atomic E-state index is 0.217. The van der Waals surface area contributed by atoms with Crippen LogP contribution in [0.3, 0.4) is 0 Å². The highest BCUT2D eigenvalue weighted by atomic mass is 16.1. The van der Waals surface area contributed by atoms with Crippen LogP contribution in [0.25, 0.3) is 0 Å². The fourth-order valence-electron chi connectivity index (χ4n) is 1.86. The summed E-state index contributed by atoms with van der Waals surface area (Å²) in [6, 6.07) is 9.30. The lowest BCUT2D eigenvalue weighted by Gasteiger charge is -2.10. The van der Waals surface area contributed by atoms with Crippen LogP contribution in [0, 0.1) is 0 Å². The Morgan fingerprint density at radius 1 is 1.14 bits per heavy atom. The first-order valence-corrected chi connectivity index (χ1v) is 7.22. The van der Waals surface area contributed by atoms with Gasteiger partial charge in [-0.2, -0.15) is 0 Å². The molecule has 0 unspecified atom stereocenters. The van der Waals surface area contributed by atoms with Gasteiger partial charge in [0.1, 0.15) is 0 Å². The van der Waals surface area contributed by atoms with Gasteiger partial charge in [-0.05, 0) is 39.2 Å². The second kappa shape index (κ2) is 8.09. The summed E-state index contributed by atoms with van der Waals surface area (Å²) < 4.78 is 0. The van der Waals surface area contributed by atoms with Gasteiger partial charge in [-0.25, -0.2) is 9.97 Å². The number of benzene rings is 1. The van der Waals surface area contributed by atoms with Gasteiger partial charge in [0.2, 0.25) is 5.95 Å². The molecule has 0 spiro atoms. The first-order valence-electron chi connectivity index (χ1n) is 7.22. The smallest absolute Gasteiger partial charge is 0.258 e. The molecule has 0 atom stereocenters. The van der Waals surface area contributed by atoms with Crippen molar-refractivity contribution < 1.29 is 4.79 Å². The first kappa shape index (κ1) is 15.9. The Bertz CT molecular complexity index is 583. The molecule has 6 heteroatoms. The van der Waals surface area contributed by atoms with Gasteiger partial charge in [0.25, 0.3) is 5.91 Å². The largest absolute Gasteiger partial charge is 0.354 e. The number of carbonyl (C=O) groups is 1. The van der Waals surface area contributed by atoms with Gasteiger partial charge in [-0.1, -0.05) is 18.2 Å². The van der Waals surface area contributed by atoms with Crippen LogP contribution < -0.4 is 10.6 Å². The van der Waals surface area contributed by atoms with Gasteiger partial charge in [0.15, 0.2) is 0 Å². The standard InChI is InChI=1S/C16H21N5O/c1-21(2)10-6-9-17-16-18-11-13(12-19-16)15(22)20-14-7-4-3-5-8-14/h3-5,7-8,11-12H,6,9-10H2,1-2H3,(H,20,22)(H,17,18,19). The van der Waals surface area contributed by atoms with Gasteiger partial charge in [0.05, 0.1) is 5.56 Å². The molecule has 2 N–H and O–H groups in total. The molecule has 1 amide bonds. The molecule has 0 saturated carbocycles. The highest BCUT2D eigenvalue weighted by molar-refractivity contribution is 6.03. The molecule has 1 aromatic carbocycles. The second-order valence-electron chi connectivity index (χ2n) is 5.20. The maximum atomic E-state index is 12.0. The molecule has 2 aromatic rings. The molecular weight excluding hydrogens is 278 g/mol. The minimum Gasteiger partial charge on any atom is -0.354 e. The summed E-state index contributed by atoms with van der Waals surface area (Å²) in [5.74, 6) is 0.320. The van der Waals surface area contributed by atoms with Crippen LogP contribution in [0.5, 0.6) is 0 Å². The summed E-state index contributed by atoms with van der Waals surface area (Å²) in [5, 5.41) is 5.93. The van der Waals surface area contributed by atoms with Crippen molar-refractivity contribution in [2.24, 2.45) is 0 Å². The zero-order chi connectivity index (χ0) is 15.8. The van der Waals surface area contributed by atoms with E-state index in [4.69, 9.17) is 0 Å². The van der Waals surface area contributed by atoms with Crippen molar-refractivity contribution in [2.75, 3.05) is 37.8 Å². The lowest BCUT2D eigenvalue weighted by Crippen LogP contribution is -2.17. The van der Waals surface area contributed by atoms with Gasteiger partial charge in [0, 0.05) is 24.6 Å². The number of carbonyl (C=O) groups excluding carboxylic acids is 1. The van der Waals surface area contributed by atoms with Gasteiger partial charge < -0.3 is 15.5 Å². The molecule has 2 rings (SSSR count). The number of hydrogen-bond donors (Lipinski definition) is 2. The van der Waals surface area contributed by atoms with Crippen LogP contribution in [0.2, 0.25) is 0 Å². The Balaban J connectivity index is 1.84. The van der Waals surface area contributed by atoms with Crippen molar-refractivity contribution in [3.05, 3.63) is 48.3 Å². The molecule has 22 heavy (non-hydrogen) atoms. The number of hydrogen-bond acceptors (Lipinski definition) is 5. The van der Waals surface area contributed by atoms with Crippen LogP contribution in [-0.4, -0.2) is 48.0 Å². The maximum Gasteiger partial charge on any atom is 0.258 e. The summed E-state index contributed by atoms with van der Waals surface area (Å²) in [6.45, 7) is 1.80. The van der Waals surface area contributed by atoms with Crippen LogP contribution in [0.15, 0.2) is 42.7 Å². The van der Waals surface area contributed by atoms with E-state index in [0.717, 1.165) is 25.2 Å². The zero-order valence-electron chi connectivity index (χ0n) is 12.9. The van der Waals surface area contributed by atoms with E-state index in [0.29, 0.717) is 11.5 Å². The average Bonchev–Trinajstić information content (AvgIpc) is 2.53. The number of nitrogens with one attached hydrogen (secondary N) is 2. The number of anilines is 2. The molecule has 1 heterocycles. The summed E-state index contributed by atoms with van der Waals surface area (Å²) in [7, 11) is 4.08. The monoisotopic (exact) mass is 299 g/mol. The molecular formula is C16H21N5O. The third-order valence-electron chi connectivity index (χ3n) is 3.01. The number of para-hydroxylation sites is 1. The average molecular weight is 299 g/mol. The highest BCUT2D eigenvalue weighted by Crippen LogP contribution is 2.08. The van der Waals surface area contributed by atoms with Crippen LogP contribution in [-0.2, 0) is 0 Å². The van der Waals surface area contributed by atoms with E-state index >= 15 is 0 Å². The van der Waals surface area contributed by atoms with Crippen molar-refractivity contribution in [1.29, 1.82) is 0 Å². The maximum absolute atomic E-state index is 12.0. The molecule has 0 aliphatic heterocycles. The van der Waals surface area contributed by atoms with E-state index in [1.807, 2.05) is 44.4 Å². The number of aromatic nitrogens is 2. The fourth-order valence-corrected chi connectivity index (χ4v) is 1.86. The zero-order valence-corrected chi connectivity index (χ0v) is 12.9. The molecule has 0 fully saturated rings.